The van der Waals surface area contributed by atoms with Crippen LogP contribution in [0.3, 0.4) is 0 Å². The summed E-state index contributed by atoms with van der Waals surface area (Å²) < 4.78 is 5.35. The molecule has 1 aromatic carbocycles. The van der Waals surface area contributed by atoms with Gasteiger partial charge < -0.3 is 15.4 Å². The monoisotopic (exact) mass is 246 g/mol. The number of hydrogen-bond donors (Lipinski definition) is 2. The lowest BCUT2D eigenvalue weighted by Gasteiger charge is -2.08. The van der Waals surface area contributed by atoms with Crippen molar-refractivity contribution >= 4 is 11.6 Å². The highest BCUT2D eigenvalue weighted by molar-refractivity contribution is 5.80. The highest BCUT2D eigenvalue weighted by atomic mass is 16.5. The molecule has 0 unspecified atom stereocenters. The summed E-state index contributed by atoms with van der Waals surface area (Å²) in [6.45, 7) is 8.31. The van der Waals surface area contributed by atoms with Crippen LogP contribution in [0.25, 0.3) is 0 Å². The maximum Gasteiger partial charge on any atom is 0.239 e. The highest BCUT2D eigenvalue weighted by Gasteiger charge is 1.99. The molecule has 1 rings (SSSR count). The molecule has 0 bridgehead atoms. The first-order valence-corrected chi connectivity index (χ1v) is 5.71. The van der Waals surface area contributed by atoms with Gasteiger partial charge in [-0.15, -0.1) is 6.58 Å². The summed E-state index contributed by atoms with van der Waals surface area (Å²) in [5, 5.41) is 5.70. The number of hydrogen-bond acceptors (Lipinski definition) is 3. The Bertz CT molecular complexity index is 399. The van der Waals surface area contributed by atoms with Crippen molar-refractivity contribution in [3.8, 4) is 5.75 Å². The van der Waals surface area contributed by atoms with E-state index < -0.39 is 0 Å². The van der Waals surface area contributed by atoms with Gasteiger partial charge in [0.1, 0.15) is 12.4 Å². The Hall–Kier alpha value is -2.23. The van der Waals surface area contributed by atoms with Crippen LogP contribution < -0.4 is 15.4 Å². The molecule has 1 amide bonds. The van der Waals surface area contributed by atoms with Gasteiger partial charge in [-0.1, -0.05) is 18.7 Å². The average Bonchev–Trinajstić information content (AvgIpc) is 2.41. The van der Waals surface area contributed by atoms with E-state index in [1.54, 1.807) is 12.2 Å². The van der Waals surface area contributed by atoms with Gasteiger partial charge in [-0.2, -0.15) is 0 Å². The number of carbonyl (C=O) groups is 1. The average molecular weight is 246 g/mol. The summed E-state index contributed by atoms with van der Waals surface area (Å²) >= 11 is 0. The zero-order chi connectivity index (χ0) is 13.2. The number of carbonyl (C=O) groups excluding carboxylic acids is 1. The minimum Gasteiger partial charge on any atom is -0.490 e. The van der Waals surface area contributed by atoms with Crippen molar-refractivity contribution in [1.29, 1.82) is 0 Å². The van der Waals surface area contributed by atoms with Crippen LogP contribution in [0.1, 0.15) is 0 Å². The summed E-state index contributed by atoms with van der Waals surface area (Å²) in [4.78, 5) is 11.3. The minimum atomic E-state index is -0.0677. The summed E-state index contributed by atoms with van der Waals surface area (Å²) in [5.74, 6) is 0.707. The first kappa shape index (κ1) is 13.8. The van der Waals surface area contributed by atoms with Crippen LogP contribution in [0.5, 0.6) is 5.75 Å². The van der Waals surface area contributed by atoms with E-state index in [4.69, 9.17) is 4.74 Å². The van der Waals surface area contributed by atoms with Crippen molar-refractivity contribution in [2.24, 2.45) is 0 Å². The SMILES string of the molecule is C=CCNC(=O)CNc1ccc(OCC=C)cc1. The Morgan fingerprint density at radius 2 is 1.94 bits per heavy atom. The Morgan fingerprint density at radius 1 is 1.22 bits per heavy atom. The molecule has 0 spiro atoms. The first-order chi connectivity index (χ1) is 8.76. The van der Waals surface area contributed by atoms with Crippen molar-refractivity contribution in [1.82, 2.24) is 5.32 Å². The zero-order valence-corrected chi connectivity index (χ0v) is 10.3. The lowest BCUT2D eigenvalue weighted by Crippen LogP contribution is -2.29. The lowest BCUT2D eigenvalue weighted by molar-refractivity contribution is -0.119. The number of benzene rings is 1. The predicted octanol–water partition coefficient (Wildman–Crippen LogP) is 1.97. The van der Waals surface area contributed by atoms with Gasteiger partial charge in [0.15, 0.2) is 0 Å². The van der Waals surface area contributed by atoms with Crippen LogP contribution in [0.4, 0.5) is 5.69 Å². The van der Waals surface area contributed by atoms with E-state index in [1.165, 1.54) is 0 Å². The molecule has 0 radical (unpaired) electrons. The largest absolute Gasteiger partial charge is 0.490 e. The second kappa shape index (κ2) is 7.95. The van der Waals surface area contributed by atoms with Crippen molar-refractivity contribution in [3.63, 3.8) is 0 Å². The predicted molar refractivity (Wildman–Crippen MR) is 73.8 cm³/mol. The molecule has 4 nitrogen and oxygen atoms in total. The summed E-state index contributed by atoms with van der Waals surface area (Å²) in [6, 6.07) is 7.40. The van der Waals surface area contributed by atoms with E-state index in [0.717, 1.165) is 11.4 Å². The third-order valence-electron chi connectivity index (χ3n) is 2.12. The molecule has 0 aliphatic heterocycles. The number of anilines is 1. The first-order valence-electron chi connectivity index (χ1n) is 5.71. The second-order valence-corrected chi connectivity index (χ2v) is 3.57. The fraction of sp³-hybridized carbons (Fsp3) is 0.214. The molecular formula is C14H18N2O2. The molecular weight excluding hydrogens is 228 g/mol. The highest BCUT2D eigenvalue weighted by Crippen LogP contribution is 2.15. The van der Waals surface area contributed by atoms with Crippen molar-refractivity contribution < 1.29 is 9.53 Å². The Balaban J connectivity index is 2.36. The molecule has 1 aromatic rings. The molecule has 0 saturated carbocycles. The topological polar surface area (TPSA) is 50.4 Å². The van der Waals surface area contributed by atoms with E-state index in [9.17, 15) is 4.79 Å². The van der Waals surface area contributed by atoms with Crippen molar-refractivity contribution in [2.45, 2.75) is 0 Å². The molecule has 0 aliphatic carbocycles. The fourth-order valence-corrected chi connectivity index (χ4v) is 1.26. The quantitative estimate of drug-likeness (QED) is 0.689. The zero-order valence-electron chi connectivity index (χ0n) is 10.3. The maximum atomic E-state index is 11.3. The van der Waals surface area contributed by atoms with Crippen molar-refractivity contribution in [3.05, 3.63) is 49.6 Å². The molecule has 0 heterocycles. The molecule has 0 saturated heterocycles. The summed E-state index contributed by atoms with van der Waals surface area (Å²) in [5.41, 5.74) is 0.870. The smallest absolute Gasteiger partial charge is 0.239 e. The Labute approximate surface area is 107 Å². The summed E-state index contributed by atoms with van der Waals surface area (Å²) in [7, 11) is 0. The van der Waals surface area contributed by atoms with Gasteiger partial charge >= 0.3 is 0 Å². The normalized spacial score (nSPS) is 9.33. The molecule has 96 valence electrons. The van der Waals surface area contributed by atoms with E-state index in [0.29, 0.717) is 13.2 Å². The third kappa shape index (κ3) is 5.21. The molecule has 18 heavy (non-hydrogen) atoms. The lowest BCUT2D eigenvalue weighted by atomic mass is 10.3. The van der Waals surface area contributed by atoms with E-state index in [2.05, 4.69) is 23.8 Å². The fourth-order valence-electron chi connectivity index (χ4n) is 1.26. The third-order valence-corrected chi connectivity index (χ3v) is 2.12. The van der Waals surface area contributed by atoms with Gasteiger partial charge in [0.2, 0.25) is 5.91 Å². The molecule has 2 N–H and O–H groups in total. The molecule has 0 aromatic heterocycles. The van der Waals surface area contributed by atoms with Gasteiger partial charge in [0.05, 0.1) is 6.54 Å². The number of ether oxygens (including phenoxy) is 1. The van der Waals surface area contributed by atoms with Gasteiger partial charge in [0.25, 0.3) is 0 Å². The minimum absolute atomic E-state index is 0.0677. The number of amides is 1. The van der Waals surface area contributed by atoms with Gasteiger partial charge in [-0.25, -0.2) is 0 Å². The number of nitrogens with one attached hydrogen (secondary N) is 2. The van der Waals surface area contributed by atoms with Gasteiger partial charge in [0, 0.05) is 12.2 Å². The van der Waals surface area contributed by atoms with Crippen LogP contribution in [-0.4, -0.2) is 25.6 Å². The Kier molecular flexibility index (Phi) is 6.11. The maximum absolute atomic E-state index is 11.3. The van der Waals surface area contributed by atoms with Gasteiger partial charge in [-0.05, 0) is 24.3 Å². The van der Waals surface area contributed by atoms with Crippen LogP contribution in [-0.2, 0) is 4.79 Å². The van der Waals surface area contributed by atoms with Crippen LogP contribution in [0, 0.1) is 0 Å². The van der Waals surface area contributed by atoms with Crippen molar-refractivity contribution in [2.75, 3.05) is 25.0 Å². The van der Waals surface area contributed by atoms with E-state index in [-0.39, 0.29) is 12.5 Å². The summed E-state index contributed by atoms with van der Waals surface area (Å²) in [6.07, 6.45) is 3.33. The molecule has 0 aliphatic rings. The van der Waals surface area contributed by atoms with E-state index in [1.807, 2.05) is 24.3 Å². The van der Waals surface area contributed by atoms with Crippen LogP contribution >= 0.6 is 0 Å². The van der Waals surface area contributed by atoms with Crippen LogP contribution in [0.15, 0.2) is 49.6 Å². The van der Waals surface area contributed by atoms with Gasteiger partial charge in [-0.3, -0.25) is 4.79 Å². The van der Waals surface area contributed by atoms with Crippen LogP contribution in [0.2, 0.25) is 0 Å². The standard InChI is InChI=1S/C14H18N2O2/c1-3-9-15-14(17)11-16-12-5-7-13(8-6-12)18-10-4-2/h3-8,16H,1-2,9-11H2,(H,15,17). The number of rotatable bonds is 8. The molecule has 0 atom stereocenters. The second-order valence-electron chi connectivity index (χ2n) is 3.57. The molecule has 4 heteroatoms. The van der Waals surface area contributed by atoms with E-state index >= 15 is 0 Å². The Morgan fingerprint density at radius 3 is 2.56 bits per heavy atom. The molecule has 0 fully saturated rings.